The normalized spacial score (nSPS) is 15.3. The van der Waals surface area contributed by atoms with Crippen LogP contribution in [0.25, 0.3) is 0 Å². The van der Waals surface area contributed by atoms with Crippen molar-refractivity contribution in [2.75, 3.05) is 17.8 Å². The van der Waals surface area contributed by atoms with Crippen LogP contribution in [0.1, 0.15) is 84.9 Å². The lowest BCUT2D eigenvalue weighted by Gasteiger charge is -2.30. The Hall–Kier alpha value is -7.18. The number of carboxylic acids is 1. The van der Waals surface area contributed by atoms with E-state index in [9.17, 15) is 58.2 Å². The van der Waals surface area contributed by atoms with Crippen LogP contribution < -0.4 is 53.6 Å². The summed E-state index contributed by atoms with van der Waals surface area (Å²) >= 11 is 5.74. The number of carbonyl (C=O) groups is 10. The summed E-state index contributed by atoms with van der Waals surface area (Å²) in [5.41, 5.74) is 8.25. The zero-order valence-corrected chi connectivity index (χ0v) is 49.2. The molecule has 0 aliphatic rings. The number of thiol groups is 1. The van der Waals surface area contributed by atoms with Crippen LogP contribution in [0.4, 0.5) is 0 Å². The van der Waals surface area contributed by atoms with E-state index in [0.717, 1.165) is 5.56 Å². The molecule has 24 heteroatoms. The number of amides is 9. The molecular formula is C57H82N10O12S2. The molecule has 0 aromatic heterocycles. The predicted molar refractivity (Wildman–Crippen MR) is 312 cm³/mol. The second-order valence-electron chi connectivity index (χ2n) is 20.7. The van der Waals surface area contributed by atoms with Gasteiger partial charge in [0, 0.05) is 18.6 Å². The molecule has 0 radical (unpaired) electrons. The Morgan fingerprint density at radius 2 is 0.877 bits per heavy atom. The van der Waals surface area contributed by atoms with Crippen LogP contribution >= 0.6 is 24.4 Å². The molecule has 0 aliphatic heterocycles. The Labute approximate surface area is 484 Å². The van der Waals surface area contributed by atoms with Crippen molar-refractivity contribution in [1.82, 2.24) is 47.9 Å². The number of benzene rings is 3. The first kappa shape index (κ1) is 68.1. The van der Waals surface area contributed by atoms with E-state index in [2.05, 4.69) is 60.5 Å². The fourth-order valence-electron chi connectivity index (χ4n) is 8.19. The maximum Gasteiger partial charge on any atom is 0.326 e. The van der Waals surface area contributed by atoms with Gasteiger partial charge in [-0.3, -0.25) is 43.2 Å². The Bertz CT molecular complexity index is 2580. The average Bonchev–Trinajstić information content (AvgIpc) is 3.43. The van der Waals surface area contributed by atoms with Crippen LogP contribution in [0.2, 0.25) is 0 Å². The average molecular weight is 1160 g/mol. The number of carboxylic acid groups (broad SMARTS) is 1. The molecule has 0 bridgehead atoms. The summed E-state index contributed by atoms with van der Waals surface area (Å²) in [5, 5.41) is 43.1. The van der Waals surface area contributed by atoms with Crippen molar-refractivity contribution in [3.8, 4) is 5.75 Å². The van der Waals surface area contributed by atoms with E-state index in [1.54, 1.807) is 71.2 Å². The van der Waals surface area contributed by atoms with Gasteiger partial charge in [0.15, 0.2) is 0 Å². The van der Waals surface area contributed by atoms with Gasteiger partial charge in [-0.05, 0) is 85.3 Å². The SMILES string of the molecule is CC[C@H](C)[C@H](NC(=O)[C@@H](N)Cc1ccccc1)C(=O)N[C@@H](CS)C(=O)N[C@@H](Cc1ccccc1)C(=O)N[C@H](C(=O)N[C@H](C(=O)N[C@@H](C)C(=O)N[C@@H](CCSC)C(=O)N[C@@H](C)C(=O)N[C@@H](Cc1ccc(O)cc1)C(=O)O)C(C)C)C(C)C. The van der Waals surface area contributed by atoms with Gasteiger partial charge in [0.2, 0.25) is 53.2 Å². The Morgan fingerprint density at radius 1 is 0.481 bits per heavy atom. The number of phenolic OH excluding ortho intramolecular Hbond substituents is 1. The molecule has 0 fully saturated rings. The van der Waals surface area contributed by atoms with Gasteiger partial charge in [-0.25, -0.2) is 4.79 Å². The molecule has 0 spiro atoms. The Morgan fingerprint density at radius 3 is 1.37 bits per heavy atom. The highest BCUT2D eigenvalue weighted by Gasteiger charge is 2.36. The number of nitrogens with two attached hydrogens (primary N) is 1. The van der Waals surface area contributed by atoms with E-state index in [1.165, 1.54) is 49.9 Å². The Kier molecular flexibility index (Phi) is 28.7. The van der Waals surface area contributed by atoms with Gasteiger partial charge in [0.05, 0.1) is 6.04 Å². The lowest BCUT2D eigenvalue weighted by molar-refractivity contribution is -0.142. The lowest BCUT2D eigenvalue weighted by atomic mass is 9.97. The van der Waals surface area contributed by atoms with Crippen LogP contribution in [-0.2, 0) is 67.2 Å². The van der Waals surface area contributed by atoms with Crippen molar-refractivity contribution < 1.29 is 58.2 Å². The minimum Gasteiger partial charge on any atom is -0.508 e. The summed E-state index contributed by atoms with van der Waals surface area (Å²) in [5.74, 6) is -9.20. The fraction of sp³-hybridized carbons (Fsp3) is 0.509. The molecule has 3 aromatic carbocycles. The molecule has 9 amide bonds. The third kappa shape index (κ3) is 22.7. The molecule has 22 nitrogen and oxygen atoms in total. The minimum atomic E-state index is -1.36. The van der Waals surface area contributed by atoms with Gasteiger partial charge < -0.3 is 63.8 Å². The third-order valence-electron chi connectivity index (χ3n) is 13.4. The molecule has 11 atom stereocenters. The predicted octanol–water partition coefficient (Wildman–Crippen LogP) is 1.28. The zero-order chi connectivity index (χ0) is 60.5. The number of phenols is 1. The fourth-order valence-corrected chi connectivity index (χ4v) is 8.92. The largest absolute Gasteiger partial charge is 0.508 e. The van der Waals surface area contributed by atoms with E-state index in [1.807, 2.05) is 37.3 Å². The number of carbonyl (C=O) groups excluding carboxylic acids is 9. The first-order valence-electron chi connectivity index (χ1n) is 27.0. The quantitative estimate of drug-likeness (QED) is 0.0383. The van der Waals surface area contributed by atoms with Gasteiger partial charge in [-0.15, -0.1) is 0 Å². The standard InChI is InChI=1S/C57H82N10O12S2/c1-10-33(6)47(67-50(71)40(58)27-36-17-13-11-14-18-36)56(77)64-44(30-80)53(74)62-42(28-37-19-15-12-16-20-37)52(73)65-46(32(4)5)55(76)66-45(31(2)3)54(75)60-35(8)48(69)61-41(25-26-81-9)51(72)59-34(7)49(70)63-43(57(78)79)29-38-21-23-39(68)24-22-38/h11-24,31-35,40-47,68,80H,10,25-30,58H2,1-9H3,(H,59,72)(H,60,75)(H,61,69)(H,62,74)(H,63,70)(H,64,77)(H,65,73)(H,66,76)(H,67,71)(H,78,79)/t33-,34-,35-,40-,41-,42-,43-,44-,45-,46-,47-/m0/s1. The zero-order valence-electron chi connectivity index (χ0n) is 47.4. The smallest absolute Gasteiger partial charge is 0.326 e. The van der Waals surface area contributed by atoms with Gasteiger partial charge in [0.25, 0.3) is 0 Å². The van der Waals surface area contributed by atoms with E-state index in [4.69, 9.17) is 5.73 Å². The second-order valence-corrected chi connectivity index (χ2v) is 22.0. The molecule has 81 heavy (non-hydrogen) atoms. The number of aromatic hydroxyl groups is 1. The number of aliphatic carboxylic acids is 1. The number of rotatable bonds is 33. The number of hydrogen-bond donors (Lipinski definition) is 13. The van der Waals surface area contributed by atoms with Crippen LogP contribution in [0.5, 0.6) is 5.75 Å². The third-order valence-corrected chi connectivity index (χ3v) is 14.4. The summed E-state index contributed by atoms with van der Waals surface area (Å²) in [7, 11) is 0. The monoisotopic (exact) mass is 1160 g/mol. The van der Waals surface area contributed by atoms with Crippen LogP contribution in [0, 0.1) is 17.8 Å². The van der Waals surface area contributed by atoms with Gasteiger partial charge in [0.1, 0.15) is 60.1 Å². The molecule has 13 N–H and O–H groups in total. The highest BCUT2D eigenvalue weighted by Crippen LogP contribution is 2.15. The maximum absolute atomic E-state index is 14.3. The van der Waals surface area contributed by atoms with Gasteiger partial charge in [-0.2, -0.15) is 24.4 Å². The highest BCUT2D eigenvalue weighted by molar-refractivity contribution is 7.98. The van der Waals surface area contributed by atoms with Crippen molar-refractivity contribution in [3.05, 3.63) is 102 Å². The molecule has 0 heterocycles. The molecule has 0 unspecified atom stereocenters. The summed E-state index contributed by atoms with van der Waals surface area (Å²) in [6.45, 7) is 13.0. The summed E-state index contributed by atoms with van der Waals surface area (Å²) in [4.78, 5) is 136. The number of nitrogens with one attached hydrogen (secondary N) is 9. The first-order chi connectivity index (χ1) is 38.3. The molecule has 3 rings (SSSR count). The van der Waals surface area contributed by atoms with E-state index in [-0.39, 0.29) is 43.1 Å². The Balaban J connectivity index is 1.72. The van der Waals surface area contributed by atoms with E-state index >= 15 is 0 Å². The second kappa shape index (κ2) is 34.2. The molecular weight excluding hydrogens is 1080 g/mol. The summed E-state index contributed by atoms with van der Waals surface area (Å²) in [6, 6.07) is 11.6. The number of hydrogen-bond acceptors (Lipinski definition) is 14. The van der Waals surface area contributed by atoms with Crippen molar-refractivity contribution in [2.45, 2.75) is 148 Å². The maximum atomic E-state index is 14.3. The summed E-state index contributed by atoms with van der Waals surface area (Å²) in [6.07, 6.45) is 2.48. The van der Waals surface area contributed by atoms with E-state index in [0.29, 0.717) is 23.3 Å². The van der Waals surface area contributed by atoms with Crippen LogP contribution in [0.15, 0.2) is 84.9 Å². The van der Waals surface area contributed by atoms with Crippen molar-refractivity contribution in [3.63, 3.8) is 0 Å². The van der Waals surface area contributed by atoms with Crippen molar-refractivity contribution >= 4 is 83.5 Å². The van der Waals surface area contributed by atoms with Crippen molar-refractivity contribution in [1.29, 1.82) is 0 Å². The lowest BCUT2D eigenvalue weighted by Crippen LogP contribution is -2.62. The van der Waals surface area contributed by atoms with Crippen LogP contribution in [0.3, 0.4) is 0 Å². The summed E-state index contributed by atoms with van der Waals surface area (Å²) < 4.78 is 0. The van der Waals surface area contributed by atoms with Gasteiger partial charge in [-0.1, -0.05) is 121 Å². The molecule has 0 saturated carbocycles. The molecule has 0 aliphatic carbocycles. The molecule has 0 saturated heterocycles. The first-order valence-corrected chi connectivity index (χ1v) is 29.0. The molecule has 444 valence electrons. The van der Waals surface area contributed by atoms with E-state index < -0.39 is 131 Å². The topological polar surface area (TPSA) is 345 Å². The minimum absolute atomic E-state index is 0.0174. The number of thioether (sulfide) groups is 1. The van der Waals surface area contributed by atoms with Crippen LogP contribution in [-0.4, -0.2) is 148 Å². The van der Waals surface area contributed by atoms with Crippen molar-refractivity contribution in [2.24, 2.45) is 23.5 Å². The van der Waals surface area contributed by atoms with Gasteiger partial charge >= 0.3 is 5.97 Å². The highest BCUT2D eigenvalue weighted by atomic mass is 32.2. The molecule has 3 aromatic rings.